The average molecular weight is 222 g/mol. The SMILES string of the molecule is CCOC(=O)[C@H]1CC[C@H](O)CS1(=O)=O. The number of aliphatic hydroxyl groups excluding tert-OH is 1. The summed E-state index contributed by atoms with van der Waals surface area (Å²) in [5, 5.41) is 8.07. The number of carbonyl (C=O) groups excluding carboxylic acids is 1. The molecule has 0 aromatic rings. The van der Waals surface area contributed by atoms with Crippen LogP contribution in [-0.4, -0.2) is 43.2 Å². The summed E-state index contributed by atoms with van der Waals surface area (Å²) in [4.78, 5) is 11.2. The van der Waals surface area contributed by atoms with Crippen LogP contribution in [0.3, 0.4) is 0 Å². The molecule has 0 aromatic heterocycles. The molecule has 82 valence electrons. The molecule has 5 nitrogen and oxygen atoms in total. The van der Waals surface area contributed by atoms with Crippen LogP contribution in [0.15, 0.2) is 0 Å². The fourth-order valence-electron chi connectivity index (χ4n) is 1.49. The highest BCUT2D eigenvalue weighted by molar-refractivity contribution is 7.92. The Morgan fingerprint density at radius 1 is 1.50 bits per heavy atom. The van der Waals surface area contributed by atoms with Gasteiger partial charge in [-0.2, -0.15) is 0 Å². The molecule has 1 fully saturated rings. The van der Waals surface area contributed by atoms with E-state index >= 15 is 0 Å². The molecule has 1 N–H and O–H groups in total. The Labute approximate surface area is 83.0 Å². The lowest BCUT2D eigenvalue weighted by molar-refractivity contribution is -0.142. The predicted molar refractivity (Wildman–Crippen MR) is 49.4 cm³/mol. The van der Waals surface area contributed by atoms with Gasteiger partial charge in [0.1, 0.15) is 0 Å². The van der Waals surface area contributed by atoms with Crippen molar-refractivity contribution in [2.24, 2.45) is 0 Å². The van der Waals surface area contributed by atoms with Crippen molar-refractivity contribution in [1.82, 2.24) is 0 Å². The zero-order valence-electron chi connectivity index (χ0n) is 7.97. The maximum Gasteiger partial charge on any atom is 0.324 e. The summed E-state index contributed by atoms with van der Waals surface area (Å²) >= 11 is 0. The second-order valence-electron chi connectivity index (χ2n) is 3.30. The van der Waals surface area contributed by atoms with Crippen molar-refractivity contribution in [3.8, 4) is 0 Å². The highest BCUT2D eigenvalue weighted by Crippen LogP contribution is 2.21. The molecule has 1 aliphatic heterocycles. The van der Waals surface area contributed by atoms with Crippen molar-refractivity contribution in [2.75, 3.05) is 12.4 Å². The van der Waals surface area contributed by atoms with E-state index in [-0.39, 0.29) is 18.8 Å². The van der Waals surface area contributed by atoms with Gasteiger partial charge in [-0.25, -0.2) is 8.42 Å². The van der Waals surface area contributed by atoms with Crippen molar-refractivity contribution >= 4 is 15.8 Å². The molecule has 0 saturated carbocycles. The Balaban J connectivity index is 2.75. The van der Waals surface area contributed by atoms with Gasteiger partial charge in [0.25, 0.3) is 0 Å². The summed E-state index contributed by atoms with van der Waals surface area (Å²) in [7, 11) is -3.52. The minimum atomic E-state index is -3.52. The fraction of sp³-hybridized carbons (Fsp3) is 0.875. The molecule has 0 aromatic carbocycles. The van der Waals surface area contributed by atoms with Crippen LogP contribution in [0, 0.1) is 0 Å². The van der Waals surface area contributed by atoms with Gasteiger partial charge in [-0.1, -0.05) is 0 Å². The highest BCUT2D eigenvalue weighted by atomic mass is 32.2. The van der Waals surface area contributed by atoms with Gasteiger partial charge in [-0.3, -0.25) is 4.79 Å². The summed E-state index contributed by atoms with van der Waals surface area (Å²) in [6, 6.07) is 0. The second-order valence-corrected chi connectivity index (χ2v) is 5.53. The van der Waals surface area contributed by atoms with Crippen LogP contribution < -0.4 is 0 Å². The first-order valence-corrected chi connectivity index (χ1v) is 6.25. The first-order chi connectivity index (χ1) is 6.47. The van der Waals surface area contributed by atoms with Gasteiger partial charge >= 0.3 is 5.97 Å². The predicted octanol–water partition coefficient (Wildman–Crippen LogP) is -0.512. The maximum absolute atomic E-state index is 11.4. The Bertz CT molecular complexity index is 308. The Hall–Kier alpha value is -0.620. The first kappa shape index (κ1) is 11.5. The van der Waals surface area contributed by atoms with E-state index in [0.29, 0.717) is 6.42 Å². The number of hydrogen-bond donors (Lipinski definition) is 1. The lowest BCUT2D eigenvalue weighted by Gasteiger charge is -2.23. The molecule has 1 aliphatic rings. The van der Waals surface area contributed by atoms with Crippen molar-refractivity contribution in [1.29, 1.82) is 0 Å². The molecule has 0 amide bonds. The summed E-state index contributed by atoms with van der Waals surface area (Å²) in [5.74, 6) is -1.03. The zero-order valence-corrected chi connectivity index (χ0v) is 8.79. The summed E-state index contributed by atoms with van der Waals surface area (Å²) < 4.78 is 27.5. The maximum atomic E-state index is 11.4. The molecule has 6 heteroatoms. The third-order valence-corrected chi connectivity index (χ3v) is 4.31. The van der Waals surface area contributed by atoms with Gasteiger partial charge in [-0.15, -0.1) is 0 Å². The number of carbonyl (C=O) groups is 1. The summed E-state index contributed by atoms with van der Waals surface area (Å²) in [6.45, 7) is 1.80. The van der Waals surface area contributed by atoms with Crippen LogP contribution in [0.4, 0.5) is 0 Å². The number of aliphatic hydroxyl groups is 1. The molecule has 0 bridgehead atoms. The van der Waals surface area contributed by atoms with Gasteiger partial charge in [0.2, 0.25) is 0 Å². The van der Waals surface area contributed by atoms with E-state index in [1.807, 2.05) is 0 Å². The molecule has 14 heavy (non-hydrogen) atoms. The third kappa shape index (κ3) is 2.45. The second kappa shape index (κ2) is 4.27. The van der Waals surface area contributed by atoms with Crippen molar-refractivity contribution in [3.05, 3.63) is 0 Å². The van der Waals surface area contributed by atoms with E-state index in [4.69, 9.17) is 5.11 Å². The average Bonchev–Trinajstić information content (AvgIpc) is 2.01. The van der Waals surface area contributed by atoms with Crippen molar-refractivity contribution < 1.29 is 23.1 Å². The van der Waals surface area contributed by atoms with E-state index in [9.17, 15) is 13.2 Å². The minimum absolute atomic E-state index is 0.155. The van der Waals surface area contributed by atoms with Crippen LogP contribution in [0.1, 0.15) is 19.8 Å². The van der Waals surface area contributed by atoms with Gasteiger partial charge < -0.3 is 9.84 Å². The molecule has 1 saturated heterocycles. The van der Waals surface area contributed by atoms with E-state index in [2.05, 4.69) is 4.74 Å². The first-order valence-electron chi connectivity index (χ1n) is 4.53. The normalized spacial score (nSPS) is 31.0. The Morgan fingerprint density at radius 3 is 2.64 bits per heavy atom. The number of ether oxygens (including phenoxy) is 1. The summed E-state index contributed by atoms with van der Waals surface area (Å²) in [6.07, 6.45) is -0.351. The van der Waals surface area contributed by atoms with Crippen molar-refractivity contribution in [3.63, 3.8) is 0 Å². The minimum Gasteiger partial charge on any atom is -0.465 e. The lowest BCUT2D eigenvalue weighted by Crippen LogP contribution is -2.41. The quantitative estimate of drug-likeness (QED) is 0.636. The van der Waals surface area contributed by atoms with Gasteiger partial charge in [0.15, 0.2) is 15.1 Å². The molecule has 0 radical (unpaired) electrons. The third-order valence-electron chi connectivity index (χ3n) is 2.17. The Kier molecular flexibility index (Phi) is 3.49. The molecule has 1 heterocycles. The van der Waals surface area contributed by atoms with Gasteiger partial charge in [0, 0.05) is 0 Å². The molecular formula is C8H14O5S. The Morgan fingerprint density at radius 2 is 2.14 bits per heavy atom. The standard InChI is InChI=1S/C8H14O5S/c1-2-13-8(10)7-4-3-6(9)5-14(7,11)12/h6-7,9H,2-5H2,1H3/t6-,7+/m0/s1. The van der Waals surface area contributed by atoms with Crippen molar-refractivity contribution in [2.45, 2.75) is 31.1 Å². The lowest BCUT2D eigenvalue weighted by atomic mass is 10.1. The van der Waals surface area contributed by atoms with Gasteiger partial charge in [-0.05, 0) is 19.8 Å². The van der Waals surface area contributed by atoms with Crippen LogP contribution in [0.2, 0.25) is 0 Å². The smallest absolute Gasteiger partial charge is 0.324 e. The highest BCUT2D eigenvalue weighted by Gasteiger charge is 2.39. The number of rotatable bonds is 2. The van der Waals surface area contributed by atoms with E-state index in [1.165, 1.54) is 0 Å². The largest absolute Gasteiger partial charge is 0.465 e. The fourth-order valence-corrected chi connectivity index (χ4v) is 3.28. The topological polar surface area (TPSA) is 80.7 Å². The molecule has 0 unspecified atom stereocenters. The monoisotopic (exact) mass is 222 g/mol. The number of esters is 1. The van der Waals surface area contributed by atoms with E-state index in [0.717, 1.165) is 0 Å². The molecule has 1 rings (SSSR count). The van der Waals surface area contributed by atoms with Crippen LogP contribution in [-0.2, 0) is 19.4 Å². The van der Waals surface area contributed by atoms with E-state index < -0.39 is 27.2 Å². The molecular weight excluding hydrogens is 208 g/mol. The van der Waals surface area contributed by atoms with Gasteiger partial charge in [0.05, 0.1) is 18.5 Å². The zero-order chi connectivity index (χ0) is 10.8. The van der Waals surface area contributed by atoms with E-state index in [1.54, 1.807) is 6.92 Å². The molecule has 0 spiro atoms. The molecule has 2 atom stereocenters. The molecule has 0 aliphatic carbocycles. The van der Waals surface area contributed by atoms with Crippen LogP contribution >= 0.6 is 0 Å². The summed E-state index contributed by atoms with van der Waals surface area (Å²) in [5.41, 5.74) is 0. The van der Waals surface area contributed by atoms with Crippen LogP contribution in [0.5, 0.6) is 0 Å². The number of sulfone groups is 1. The van der Waals surface area contributed by atoms with Crippen LogP contribution in [0.25, 0.3) is 0 Å². The number of hydrogen-bond acceptors (Lipinski definition) is 5.